The van der Waals surface area contributed by atoms with Crippen LogP contribution in [0.15, 0.2) is 23.2 Å². The molecule has 0 amide bonds. The van der Waals surface area contributed by atoms with E-state index in [0.29, 0.717) is 12.5 Å². The Bertz CT molecular complexity index is 346. The standard InChI is InChI=1S/C11H18N4/c1-4-15(11(12)13-3)8-10-7-5-6-9(2)14-10/h5-7H,4,8H2,1-3H3,(H2,12,13). The minimum atomic E-state index is 0.556. The molecule has 0 aliphatic carbocycles. The van der Waals surface area contributed by atoms with E-state index < -0.39 is 0 Å². The van der Waals surface area contributed by atoms with E-state index in [1.165, 1.54) is 0 Å². The normalized spacial score (nSPS) is 11.5. The van der Waals surface area contributed by atoms with Gasteiger partial charge in [0, 0.05) is 19.3 Å². The number of rotatable bonds is 3. The molecule has 4 heteroatoms. The molecule has 0 atom stereocenters. The van der Waals surface area contributed by atoms with Crippen LogP contribution in [0.3, 0.4) is 0 Å². The van der Waals surface area contributed by atoms with Gasteiger partial charge in [0.1, 0.15) is 0 Å². The first-order valence-electron chi connectivity index (χ1n) is 5.07. The fraction of sp³-hybridized carbons (Fsp3) is 0.455. The van der Waals surface area contributed by atoms with Gasteiger partial charge in [0.15, 0.2) is 5.96 Å². The Kier molecular flexibility index (Phi) is 4.09. The molecule has 0 spiro atoms. The van der Waals surface area contributed by atoms with Crippen molar-refractivity contribution in [3.8, 4) is 0 Å². The zero-order valence-electron chi connectivity index (χ0n) is 9.57. The minimum absolute atomic E-state index is 0.556. The van der Waals surface area contributed by atoms with Crippen molar-refractivity contribution < 1.29 is 0 Å². The lowest BCUT2D eigenvalue weighted by Crippen LogP contribution is -2.36. The molecule has 82 valence electrons. The highest BCUT2D eigenvalue weighted by Crippen LogP contribution is 2.02. The second kappa shape index (κ2) is 5.34. The van der Waals surface area contributed by atoms with Crippen molar-refractivity contribution in [3.63, 3.8) is 0 Å². The zero-order chi connectivity index (χ0) is 11.3. The largest absolute Gasteiger partial charge is 0.370 e. The first-order valence-corrected chi connectivity index (χ1v) is 5.07. The summed E-state index contributed by atoms with van der Waals surface area (Å²) >= 11 is 0. The summed E-state index contributed by atoms with van der Waals surface area (Å²) in [7, 11) is 1.70. The number of guanidine groups is 1. The molecule has 0 fully saturated rings. The van der Waals surface area contributed by atoms with Crippen LogP contribution in [0.5, 0.6) is 0 Å². The van der Waals surface area contributed by atoms with Gasteiger partial charge in [-0.05, 0) is 26.0 Å². The topological polar surface area (TPSA) is 54.5 Å². The molecular weight excluding hydrogens is 188 g/mol. The summed E-state index contributed by atoms with van der Waals surface area (Å²) in [6.07, 6.45) is 0. The molecule has 0 aliphatic rings. The molecule has 1 rings (SSSR count). The number of aromatic nitrogens is 1. The van der Waals surface area contributed by atoms with Crippen molar-refractivity contribution >= 4 is 5.96 Å². The smallest absolute Gasteiger partial charge is 0.191 e. The number of nitrogens with zero attached hydrogens (tertiary/aromatic N) is 3. The average Bonchev–Trinajstić information content (AvgIpc) is 2.25. The maximum Gasteiger partial charge on any atom is 0.191 e. The average molecular weight is 206 g/mol. The van der Waals surface area contributed by atoms with E-state index >= 15 is 0 Å². The van der Waals surface area contributed by atoms with E-state index in [4.69, 9.17) is 5.73 Å². The van der Waals surface area contributed by atoms with Gasteiger partial charge in [0.2, 0.25) is 0 Å². The maximum atomic E-state index is 5.76. The summed E-state index contributed by atoms with van der Waals surface area (Å²) < 4.78 is 0. The number of aryl methyl sites for hydroxylation is 1. The Hall–Kier alpha value is -1.58. The highest BCUT2D eigenvalue weighted by molar-refractivity contribution is 5.77. The van der Waals surface area contributed by atoms with Gasteiger partial charge in [-0.15, -0.1) is 0 Å². The van der Waals surface area contributed by atoms with Gasteiger partial charge in [0.05, 0.1) is 12.2 Å². The quantitative estimate of drug-likeness (QED) is 0.596. The molecule has 4 nitrogen and oxygen atoms in total. The number of nitrogens with two attached hydrogens (primary N) is 1. The summed E-state index contributed by atoms with van der Waals surface area (Å²) in [4.78, 5) is 10.4. The fourth-order valence-corrected chi connectivity index (χ4v) is 1.38. The van der Waals surface area contributed by atoms with Crippen LogP contribution in [0.1, 0.15) is 18.3 Å². The SMILES string of the molecule is CCN(Cc1cccc(C)n1)C(N)=NC. The van der Waals surface area contributed by atoms with Gasteiger partial charge in [-0.2, -0.15) is 0 Å². The molecule has 2 N–H and O–H groups in total. The Labute approximate surface area is 90.8 Å². The van der Waals surface area contributed by atoms with E-state index in [1.54, 1.807) is 7.05 Å². The summed E-state index contributed by atoms with van der Waals surface area (Å²) in [5, 5.41) is 0. The van der Waals surface area contributed by atoms with Crippen LogP contribution in [0, 0.1) is 6.92 Å². The molecule has 0 unspecified atom stereocenters. The van der Waals surface area contributed by atoms with Crippen molar-refractivity contribution in [2.75, 3.05) is 13.6 Å². The molecule has 1 aromatic heterocycles. The zero-order valence-corrected chi connectivity index (χ0v) is 9.57. The molecule has 15 heavy (non-hydrogen) atoms. The Morgan fingerprint density at radius 2 is 2.27 bits per heavy atom. The summed E-state index contributed by atoms with van der Waals surface area (Å²) in [6.45, 7) is 5.57. The highest BCUT2D eigenvalue weighted by atomic mass is 15.2. The first kappa shape index (κ1) is 11.5. The molecule has 0 aliphatic heterocycles. The Balaban J connectivity index is 2.75. The van der Waals surface area contributed by atoms with Gasteiger partial charge in [0.25, 0.3) is 0 Å². The van der Waals surface area contributed by atoms with Gasteiger partial charge in [-0.3, -0.25) is 9.98 Å². The van der Waals surface area contributed by atoms with Gasteiger partial charge in [-0.1, -0.05) is 6.07 Å². The monoisotopic (exact) mass is 206 g/mol. The fourth-order valence-electron chi connectivity index (χ4n) is 1.38. The molecule has 1 aromatic rings. The molecular formula is C11H18N4. The molecule has 0 aromatic carbocycles. The lowest BCUT2D eigenvalue weighted by Gasteiger charge is -2.20. The van der Waals surface area contributed by atoms with Gasteiger partial charge >= 0.3 is 0 Å². The van der Waals surface area contributed by atoms with E-state index in [9.17, 15) is 0 Å². The predicted octanol–water partition coefficient (Wildman–Crippen LogP) is 1.16. The molecule has 0 radical (unpaired) electrons. The van der Waals surface area contributed by atoms with Crippen LogP contribution in [0.2, 0.25) is 0 Å². The van der Waals surface area contributed by atoms with Crippen molar-refractivity contribution in [2.45, 2.75) is 20.4 Å². The molecule has 1 heterocycles. The third-order valence-corrected chi connectivity index (χ3v) is 2.23. The Morgan fingerprint density at radius 3 is 2.80 bits per heavy atom. The number of hydrogen-bond acceptors (Lipinski definition) is 2. The van der Waals surface area contributed by atoms with Crippen molar-refractivity contribution in [1.82, 2.24) is 9.88 Å². The van der Waals surface area contributed by atoms with Crippen molar-refractivity contribution in [3.05, 3.63) is 29.6 Å². The number of aliphatic imine (C=N–C) groups is 1. The maximum absolute atomic E-state index is 5.76. The van der Waals surface area contributed by atoms with Crippen LogP contribution in [-0.2, 0) is 6.54 Å². The van der Waals surface area contributed by atoms with Gasteiger partial charge < -0.3 is 10.6 Å². The first-order chi connectivity index (χ1) is 7.17. The number of hydrogen-bond donors (Lipinski definition) is 1. The van der Waals surface area contributed by atoms with E-state index in [2.05, 4.69) is 9.98 Å². The summed E-state index contributed by atoms with van der Waals surface area (Å²) in [5.74, 6) is 0.556. The summed E-state index contributed by atoms with van der Waals surface area (Å²) in [6, 6.07) is 5.99. The van der Waals surface area contributed by atoms with Crippen LogP contribution in [-0.4, -0.2) is 29.4 Å². The Morgan fingerprint density at radius 1 is 1.53 bits per heavy atom. The van der Waals surface area contributed by atoms with Gasteiger partial charge in [-0.25, -0.2) is 0 Å². The summed E-state index contributed by atoms with van der Waals surface area (Å²) in [5.41, 5.74) is 7.80. The van der Waals surface area contributed by atoms with Crippen LogP contribution in [0.25, 0.3) is 0 Å². The molecule has 0 bridgehead atoms. The highest BCUT2D eigenvalue weighted by Gasteiger charge is 2.06. The minimum Gasteiger partial charge on any atom is -0.370 e. The van der Waals surface area contributed by atoms with E-state index in [0.717, 1.165) is 17.9 Å². The lowest BCUT2D eigenvalue weighted by atomic mass is 10.3. The van der Waals surface area contributed by atoms with E-state index in [1.807, 2.05) is 36.9 Å². The van der Waals surface area contributed by atoms with E-state index in [-0.39, 0.29) is 0 Å². The predicted molar refractivity (Wildman–Crippen MR) is 62.6 cm³/mol. The second-order valence-electron chi connectivity index (χ2n) is 3.37. The van der Waals surface area contributed by atoms with Crippen LogP contribution in [0.4, 0.5) is 0 Å². The third-order valence-electron chi connectivity index (χ3n) is 2.23. The second-order valence-corrected chi connectivity index (χ2v) is 3.37. The van der Waals surface area contributed by atoms with Crippen molar-refractivity contribution in [1.29, 1.82) is 0 Å². The van der Waals surface area contributed by atoms with Crippen LogP contribution < -0.4 is 5.73 Å². The molecule has 0 saturated carbocycles. The third kappa shape index (κ3) is 3.23. The number of pyridine rings is 1. The molecule has 0 saturated heterocycles. The van der Waals surface area contributed by atoms with Crippen molar-refractivity contribution in [2.24, 2.45) is 10.7 Å². The van der Waals surface area contributed by atoms with Crippen LogP contribution >= 0.6 is 0 Å². The lowest BCUT2D eigenvalue weighted by molar-refractivity contribution is 0.423.